The zero-order valence-electron chi connectivity index (χ0n) is 10.8. The van der Waals surface area contributed by atoms with Crippen LogP contribution in [0.2, 0.25) is 0 Å². The largest absolute Gasteiger partial charge is 0.381 e. The van der Waals surface area contributed by atoms with Crippen LogP contribution in [0.15, 0.2) is 23.4 Å². The molecule has 0 radical (unpaired) electrons. The van der Waals surface area contributed by atoms with Gasteiger partial charge in [-0.2, -0.15) is 0 Å². The molecule has 0 amide bonds. The summed E-state index contributed by atoms with van der Waals surface area (Å²) in [5.41, 5.74) is 0.859. The third kappa shape index (κ3) is 4.00. The first-order valence-corrected chi connectivity index (χ1v) is 7.66. The van der Waals surface area contributed by atoms with Gasteiger partial charge in [0.25, 0.3) is 0 Å². The van der Waals surface area contributed by atoms with Gasteiger partial charge in [-0.25, -0.2) is 13.4 Å². The van der Waals surface area contributed by atoms with Gasteiger partial charge in [0.15, 0.2) is 14.9 Å². The summed E-state index contributed by atoms with van der Waals surface area (Å²) in [5, 5.41) is 3.46. The summed E-state index contributed by atoms with van der Waals surface area (Å²) in [6.45, 7) is 6.43. The fourth-order valence-corrected chi connectivity index (χ4v) is 2.20. The zero-order chi connectivity index (χ0) is 13.1. The molecule has 0 aliphatic heterocycles. The molecule has 17 heavy (non-hydrogen) atoms. The summed E-state index contributed by atoms with van der Waals surface area (Å²) in [5.74, 6) is 0.523. The molecule has 5 heteroatoms. The number of sulfone groups is 1. The second-order valence-corrected chi connectivity index (χ2v) is 6.52. The number of aromatic nitrogens is 1. The van der Waals surface area contributed by atoms with Gasteiger partial charge >= 0.3 is 0 Å². The van der Waals surface area contributed by atoms with Crippen molar-refractivity contribution in [3.63, 3.8) is 0 Å². The van der Waals surface area contributed by atoms with Gasteiger partial charge in [-0.1, -0.05) is 20.8 Å². The molecule has 1 N–H and O–H groups in total. The van der Waals surface area contributed by atoms with Gasteiger partial charge < -0.3 is 5.32 Å². The van der Waals surface area contributed by atoms with E-state index in [9.17, 15) is 8.42 Å². The smallest absolute Gasteiger partial charge is 0.192 e. The van der Waals surface area contributed by atoms with E-state index >= 15 is 0 Å². The lowest BCUT2D eigenvalue weighted by atomic mass is 10.0. The molecule has 1 unspecified atom stereocenters. The van der Waals surface area contributed by atoms with Crippen molar-refractivity contribution in [1.82, 2.24) is 4.98 Å². The number of pyridine rings is 1. The van der Waals surface area contributed by atoms with Crippen LogP contribution in [0.1, 0.15) is 27.2 Å². The molecule has 0 spiro atoms. The quantitative estimate of drug-likeness (QED) is 0.878. The SMILES string of the molecule is CCC(Nc1ccc(S(C)(=O)=O)nc1)C(C)C. The highest BCUT2D eigenvalue weighted by Gasteiger charge is 2.12. The highest BCUT2D eigenvalue weighted by Crippen LogP contribution is 2.15. The van der Waals surface area contributed by atoms with Crippen LogP contribution in [0.4, 0.5) is 5.69 Å². The Balaban J connectivity index is 2.82. The Hall–Kier alpha value is -1.10. The molecule has 1 heterocycles. The number of hydrogen-bond acceptors (Lipinski definition) is 4. The van der Waals surface area contributed by atoms with Crippen LogP contribution in [0.3, 0.4) is 0 Å². The summed E-state index contributed by atoms with van der Waals surface area (Å²) in [7, 11) is -3.21. The van der Waals surface area contributed by atoms with Crippen molar-refractivity contribution in [2.24, 2.45) is 5.92 Å². The fraction of sp³-hybridized carbons (Fsp3) is 0.583. The van der Waals surface area contributed by atoms with Crippen LogP contribution >= 0.6 is 0 Å². The van der Waals surface area contributed by atoms with E-state index in [0.29, 0.717) is 12.0 Å². The average molecular weight is 256 g/mol. The second kappa shape index (κ2) is 5.49. The summed E-state index contributed by atoms with van der Waals surface area (Å²) >= 11 is 0. The summed E-state index contributed by atoms with van der Waals surface area (Å²) in [6.07, 6.45) is 3.75. The van der Waals surface area contributed by atoms with E-state index < -0.39 is 9.84 Å². The predicted octanol–water partition coefficient (Wildman–Crippen LogP) is 2.33. The second-order valence-electron chi connectivity index (χ2n) is 4.56. The molecule has 0 fully saturated rings. The number of nitrogens with one attached hydrogen (secondary N) is 1. The summed E-state index contributed by atoms with van der Waals surface area (Å²) in [4.78, 5) is 3.95. The fourth-order valence-electron chi connectivity index (χ4n) is 1.64. The van der Waals surface area contributed by atoms with Crippen molar-refractivity contribution in [3.8, 4) is 0 Å². The first-order valence-electron chi connectivity index (χ1n) is 5.77. The molecule has 0 saturated carbocycles. The van der Waals surface area contributed by atoms with Gasteiger partial charge in [-0.05, 0) is 24.5 Å². The molecule has 96 valence electrons. The molecule has 0 aliphatic carbocycles. The van der Waals surface area contributed by atoms with Crippen molar-refractivity contribution in [2.45, 2.75) is 38.3 Å². The average Bonchev–Trinajstić information content (AvgIpc) is 2.25. The molecule has 1 aromatic heterocycles. The number of rotatable bonds is 5. The molecule has 0 aliphatic rings. The summed E-state index contributed by atoms with van der Waals surface area (Å²) < 4.78 is 22.5. The first kappa shape index (κ1) is 14.0. The van der Waals surface area contributed by atoms with Crippen molar-refractivity contribution in [1.29, 1.82) is 0 Å². The lowest BCUT2D eigenvalue weighted by Gasteiger charge is -2.21. The lowest BCUT2D eigenvalue weighted by Crippen LogP contribution is -2.24. The molecule has 0 saturated heterocycles. The van der Waals surface area contributed by atoms with Gasteiger partial charge in [-0.15, -0.1) is 0 Å². The Kier molecular flexibility index (Phi) is 4.51. The third-order valence-electron chi connectivity index (χ3n) is 2.71. The van der Waals surface area contributed by atoms with E-state index in [-0.39, 0.29) is 5.03 Å². The van der Waals surface area contributed by atoms with Crippen LogP contribution in [0.5, 0.6) is 0 Å². The molecule has 1 aromatic rings. The van der Waals surface area contributed by atoms with E-state index in [4.69, 9.17) is 0 Å². The topological polar surface area (TPSA) is 59.1 Å². The Labute approximate surface area is 103 Å². The molecular weight excluding hydrogens is 236 g/mol. The Morgan fingerprint density at radius 1 is 1.35 bits per heavy atom. The highest BCUT2D eigenvalue weighted by molar-refractivity contribution is 7.90. The van der Waals surface area contributed by atoms with Crippen LogP contribution in [0.25, 0.3) is 0 Å². The predicted molar refractivity (Wildman–Crippen MR) is 69.9 cm³/mol. The lowest BCUT2D eigenvalue weighted by molar-refractivity contribution is 0.511. The van der Waals surface area contributed by atoms with Gasteiger partial charge in [-0.3, -0.25) is 0 Å². The molecule has 4 nitrogen and oxygen atoms in total. The minimum atomic E-state index is -3.21. The van der Waals surface area contributed by atoms with Crippen LogP contribution < -0.4 is 5.32 Å². The normalized spacial score (nSPS) is 13.7. The Morgan fingerprint density at radius 3 is 2.35 bits per heavy atom. The van der Waals surface area contributed by atoms with E-state index in [0.717, 1.165) is 18.4 Å². The zero-order valence-corrected chi connectivity index (χ0v) is 11.6. The van der Waals surface area contributed by atoms with Crippen molar-refractivity contribution in [3.05, 3.63) is 18.3 Å². The van der Waals surface area contributed by atoms with E-state index in [1.54, 1.807) is 12.3 Å². The Bertz CT molecular complexity index is 452. The molecule has 1 rings (SSSR count). The van der Waals surface area contributed by atoms with Crippen LogP contribution in [-0.2, 0) is 9.84 Å². The summed E-state index contributed by atoms with van der Waals surface area (Å²) in [6, 6.07) is 3.67. The van der Waals surface area contributed by atoms with Crippen LogP contribution in [-0.4, -0.2) is 25.7 Å². The molecule has 0 aromatic carbocycles. The maximum absolute atomic E-state index is 11.2. The number of nitrogens with zero attached hydrogens (tertiary/aromatic N) is 1. The standard InChI is InChI=1S/C12H20N2O2S/c1-5-11(9(2)3)14-10-6-7-12(13-8-10)17(4,15)16/h6-9,11,14H,5H2,1-4H3. The number of anilines is 1. The van der Waals surface area contributed by atoms with Gasteiger partial charge in [0.05, 0.1) is 11.9 Å². The van der Waals surface area contributed by atoms with Crippen molar-refractivity contribution in [2.75, 3.05) is 11.6 Å². The minimum absolute atomic E-state index is 0.112. The molecule has 0 bridgehead atoms. The first-order chi connectivity index (χ1) is 7.84. The van der Waals surface area contributed by atoms with E-state index in [1.807, 2.05) is 0 Å². The van der Waals surface area contributed by atoms with Gasteiger partial charge in [0.2, 0.25) is 0 Å². The molecule has 1 atom stereocenters. The Morgan fingerprint density at radius 2 is 2.00 bits per heavy atom. The van der Waals surface area contributed by atoms with Gasteiger partial charge in [0.1, 0.15) is 0 Å². The van der Waals surface area contributed by atoms with Crippen molar-refractivity contribution >= 4 is 15.5 Å². The van der Waals surface area contributed by atoms with Crippen LogP contribution in [0, 0.1) is 5.92 Å². The highest BCUT2D eigenvalue weighted by atomic mass is 32.2. The van der Waals surface area contributed by atoms with Gasteiger partial charge in [0, 0.05) is 12.3 Å². The third-order valence-corrected chi connectivity index (χ3v) is 3.71. The maximum atomic E-state index is 11.2. The number of hydrogen-bond donors (Lipinski definition) is 1. The monoisotopic (exact) mass is 256 g/mol. The maximum Gasteiger partial charge on any atom is 0.192 e. The molecular formula is C12H20N2O2S. The van der Waals surface area contributed by atoms with E-state index in [1.165, 1.54) is 6.07 Å². The minimum Gasteiger partial charge on any atom is -0.381 e. The van der Waals surface area contributed by atoms with Crippen molar-refractivity contribution < 1.29 is 8.42 Å². The van der Waals surface area contributed by atoms with E-state index in [2.05, 4.69) is 31.1 Å².